The summed E-state index contributed by atoms with van der Waals surface area (Å²) in [4.78, 5) is 12.1. The van der Waals surface area contributed by atoms with Crippen LogP contribution in [0.15, 0.2) is 46.9 Å². The molecule has 1 amide bonds. The lowest BCUT2D eigenvalue weighted by atomic mass is 10.1. The van der Waals surface area contributed by atoms with Crippen molar-refractivity contribution in [3.8, 4) is 5.75 Å². The van der Waals surface area contributed by atoms with Crippen LogP contribution in [-0.4, -0.2) is 18.1 Å². The van der Waals surface area contributed by atoms with E-state index >= 15 is 0 Å². The molecule has 0 aromatic heterocycles. The highest BCUT2D eigenvalue weighted by molar-refractivity contribution is 9.10. The zero-order valence-electron chi connectivity index (χ0n) is 12.1. The van der Waals surface area contributed by atoms with Gasteiger partial charge in [0.2, 0.25) is 0 Å². The fourth-order valence-electron chi connectivity index (χ4n) is 1.87. The van der Waals surface area contributed by atoms with Gasteiger partial charge in [-0.1, -0.05) is 17.7 Å². The zero-order chi connectivity index (χ0) is 16.1. The molecule has 0 aliphatic carbocycles. The number of halogens is 1. The molecule has 0 spiro atoms. The predicted molar refractivity (Wildman–Crippen MR) is 95.6 cm³/mol. The minimum atomic E-state index is -0.242. The Balaban J connectivity index is 2.01. The van der Waals surface area contributed by atoms with Crippen LogP contribution in [0, 0.1) is 6.92 Å². The monoisotopic (exact) mass is 378 g/mol. The van der Waals surface area contributed by atoms with E-state index in [2.05, 4.69) is 26.6 Å². The maximum absolute atomic E-state index is 12.1. The summed E-state index contributed by atoms with van der Waals surface area (Å²) in [7, 11) is 1.60. The highest BCUT2D eigenvalue weighted by Gasteiger charge is 2.09. The van der Waals surface area contributed by atoms with E-state index in [0.29, 0.717) is 5.56 Å². The number of hydrogen-bond acceptors (Lipinski definition) is 3. The summed E-state index contributed by atoms with van der Waals surface area (Å²) < 4.78 is 5.96. The fourth-order valence-corrected chi connectivity index (χ4v) is 2.62. The number of thiocarbonyl (C=S) groups is 1. The van der Waals surface area contributed by atoms with Crippen molar-refractivity contribution in [1.82, 2.24) is 5.32 Å². The number of amides is 1. The van der Waals surface area contributed by atoms with Crippen molar-refractivity contribution in [2.75, 3.05) is 12.4 Å². The number of benzene rings is 2. The molecular formula is C16H15BrN2O2S. The quantitative estimate of drug-likeness (QED) is 0.795. The van der Waals surface area contributed by atoms with Gasteiger partial charge in [-0.15, -0.1) is 0 Å². The molecule has 2 N–H and O–H groups in total. The molecular weight excluding hydrogens is 364 g/mol. The van der Waals surface area contributed by atoms with E-state index in [9.17, 15) is 4.79 Å². The van der Waals surface area contributed by atoms with Crippen LogP contribution in [0.3, 0.4) is 0 Å². The van der Waals surface area contributed by atoms with Gasteiger partial charge in [0.25, 0.3) is 5.91 Å². The third-order valence-electron chi connectivity index (χ3n) is 2.92. The van der Waals surface area contributed by atoms with Crippen LogP contribution < -0.4 is 15.4 Å². The molecule has 4 nitrogen and oxygen atoms in total. The summed E-state index contributed by atoms with van der Waals surface area (Å²) in [6.45, 7) is 1.93. The topological polar surface area (TPSA) is 50.4 Å². The number of ether oxygens (including phenoxy) is 1. The molecule has 0 radical (unpaired) electrons. The minimum Gasteiger partial charge on any atom is -0.496 e. The molecule has 0 fully saturated rings. The molecule has 0 atom stereocenters. The smallest absolute Gasteiger partial charge is 0.257 e. The highest BCUT2D eigenvalue weighted by atomic mass is 79.9. The maximum atomic E-state index is 12.1. The molecule has 2 aromatic carbocycles. The molecule has 2 aromatic rings. The second-order valence-electron chi connectivity index (χ2n) is 4.63. The first kappa shape index (κ1) is 16.5. The molecule has 0 aliphatic rings. The Bertz CT molecular complexity index is 719. The number of nitrogens with one attached hydrogen (secondary N) is 2. The number of aryl methyl sites for hydroxylation is 1. The van der Waals surface area contributed by atoms with E-state index < -0.39 is 0 Å². The van der Waals surface area contributed by atoms with Crippen LogP contribution in [0.5, 0.6) is 5.75 Å². The van der Waals surface area contributed by atoms with Crippen molar-refractivity contribution >= 4 is 44.9 Å². The van der Waals surface area contributed by atoms with Crippen LogP contribution in [0.4, 0.5) is 5.69 Å². The minimum absolute atomic E-state index is 0.239. The van der Waals surface area contributed by atoms with Crippen LogP contribution in [0.2, 0.25) is 0 Å². The molecule has 114 valence electrons. The Morgan fingerprint density at radius 3 is 2.64 bits per heavy atom. The summed E-state index contributed by atoms with van der Waals surface area (Å²) in [5.41, 5.74) is 2.34. The number of carbonyl (C=O) groups excluding carboxylic acids is 1. The van der Waals surface area contributed by atoms with Gasteiger partial charge in [0, 0.05) is 11.3 Å². The second-order valence-corrected chi connectivity index (χ2v) is 5.89. The van der Waals surface area contributed by atoms with Gasteiger partial charge in [-0.3, -0.25) is 10.1 Å². The summed E-state index contributed by atoms with van der Waals surface area (Å²) >= 11 is 8.56. The van der Waals surface area contributed by atoms with Crippen molar-refractivity contribution in [3.63, 3.8) is 0 Å². The van der Waals surface area contributed by atoms with Gasteiger partial charge < -0.3 is 10.1 Å². The lowest BCUT2D eigenvalue weighted by molar-refractivity contribution is 0.0977. The van der Waals surface area contributed by atoms with Gasteiger partial charge in [0.15, 0.2) is 5.11 Å². The standard InChI is InChI=1S/C16H15BrN2O2S/c1-10-4-3-5-11(8-10)15(20)19-16(22)18-12-6-7-14(21-2)13(17)9-12/h3-9H,1-2H3,(H2,18,19,20,22). The fraction of sp³-hybridized carbons (Fsp3) is 0.125. The normalized spacial score (nSPS) is 9.95. The van der Waals surface area contributed by atoms with Gasteiger partial charge in [0.1, 0.15) is 5.75 Å². The molecule has 6 heteroatoms. The molecule has 0 unspecified atom stereocenters. The van der Waals surface area contributed by atoms with Crippen molar-refractivity contribution in [1.29, 1.82) is 0 Å². The summed E-state index contributed by atoms with van der Waals surface area (Å²) in [5.74, 6) is 0.481. The van der Waals surface area contributed by atoms with Crippen LogP contribution in [-0.2, 0) is 0 Å². The summed E-state index contributed by atoms with van der Waals surface area (Å²) in [6.07, 6.45) is 0. The molecule has 2 rings (SSSR count). The largest absolute Gasteiger partial charge is 0.496 e. The van der Waals surface area contributed by atoms with Gasteiger partial charge in [0.05, 0.1) is 11.6 Å². The third-order valence-corrected chi connectivity index (χ3v) is 3.74. The summed E-state index contributed by atoms with van der Waals surface area (Å²) in [6, 6.07) is 12.8. The highest BCUT2D eigenvalue weighted by Crippen LogP contribution is 2.27. The van der Waals surface area contributed by atoms with Gasteiger partial charge in [-0.25, -0.2) is 0 Å². The van der Waals surface area contributed by atoms with E-state index in [0.717, 1.165) is 21.5 Å². The van der Waals surface area contributed by atoms with Crippen molar-refractivity contribution in [2.24, 2.45) is 0 Å². The van der Waals surface area contributed by atoms with E-state index in [4.69, 9.17) is 17.0 Å². The van der Waals surface area contributed by atoms with E-state index in [1.54, 1.807) is 19.2 Å². The first-order valence-electron chi connectivity index (χ1n) is 6.52. The van der Waals surface area contributed by atoms with Crippen LogP contribution >= 0.6 is 28.1 Å². The Hall–Kier alpha value is -1.92. The molecule has 0 bridgehead atoms. The summed E-state index contributed by atoms with van der Waals surface area (Å²) in [5, 5.41) is 5.86. The van der Waals surface area contributed by atoms with Crippen molar-refractivity contribution in [2.45, 2.75) is 6.92 Å². The first-order chi connectivity index (χ1) is 10.5. The number of hydrogen-bond donors (Lipinski definition) is 2. The Morgan fingerprint density at radius 1 is 1.23 bits per heavy atom. The first-order valence-corrected chi connectivity index (χ1v) is 7.72. The van der Waals surface area contributed by atoms with Gasteiger partial charge in [-0.2, -0.15) is 0 Å². The Kier molecular flexibility index (Phi) is 5.51. The average molecular weight is 379 g/mol. The Labute approximate surface area is 143 Å². The maximum Gasteiger partial charge on any atom is 0.257 e. The molecule has 0 aliphatic heterocycles. The second kappa shape index (κ2) is 7.38. The third kappa shape index (κ3) is 4.29. The average Bonchev–Trinajstić information content (AvgIpc) is 2.47. The van der Waals surface area contributed by atoms with Gasteiger partial charge in [-0.05, 0) is 65.4 Å². The number of carbonyl (C=O) groups is 1. The van der Waals surface area contributed by atoms with Crippen LogP contribution in [0.1, 0.15) is 15.9 Å². The van der Waals surface area contributed by atoms with E-state index in [1.165, 1.54) is 0 Å². The van der Waals surface area contributed by atoms with E-state index in [-0.39, 0.29) is 11.0 Å². The van der Waals surface area contributed by atoms with Crippen molar-refractivity contribution < 1.29 is 9.53 Å². The Morgan fingerprint density at radius 2 is 2.00 bits per heavy atom. The number of methoxy groups -OCH3 is 1. The lowest BCUT2D eigenvalue weighted by Gasteiger charge is -2.11. The molecule has 22 heavy (non-hydrogen) atoms. The molecule has 0 heterocycles. The zero-order valence-corrected chi connectivity index (χ0v) is 14.5. The SMILES string of the molecule is COc1ccc(NC(=S)NC(=O)c2cccc(C)c2)cc1Br. The molecule has 0 saturated heterocycles. The number of rotatable bonds is 3. The predicted octanol–water partition coefficient (Wildman–Crippen LogP) is 3.89. The lowest BCUT2D eigenvalue weighted by Crippen LogP contribution is -2.34. The van der Waals surface area contributed by atoms with Crippen molar-refractivity contribution in [3.05, 3.63) is 58.1 Å². The van der Waals surface area contributed by atoms with Crippen LogP contribution in [0.25, 0.3) is 0 Å². The van der Waals surface area contributed by atoms with Gasteiger partial charge >= 0.3 is 0 Å². The molecule has 0 saturated carbocycles. The van der Waals surface area contributed by atoms with E-state index in [1.807, 2.05) is 37.3 Å². The number of anilines is 1.